The van der Waals surface area contributed by atoms with Crippen LogP contribution in [-0.4, -0.2) is 54.8 Å². The lowest BCUT2D eigenvalue weighted by molar-refractivity contribution is -0.137. The predicted molar refractivity (Wildman–Crippen MR) is 114 cm³/mol. The van der Waals surface area contributed by atoms with Gasteiger partial charge in [-0.3, -0.25) is 14.4 Å². The van der Waals surface area contributed by atoms with E-state index in [2.05, 4.69) is 5.32 Å². The Morgan fingerprint density at radius 1 is 1.17 bits per heavy atom. The van der Waals surface area contributed by atoms with Gasteiger partial charge in [-0.2, -0.15) is 0 Å². The molecule has 1 fully saturated rings. The third kappa shape index (κ3) is 4.97. The number of carbonyl (C=O) groups excluding carboxylic acids is 3. The van der Waals surface area contributed by atoms with Crippen molar-refractivity contribution in [3.63, 3.8) is 0 Å². The van der Waals surface area contributed by atoms with E-state index in [1.54, 1.807) is 43.3 Å². The van der Waals surface area contributed by atoms with E-state index >= 15 is 0 Å². The van der Waals surface area contributed by atoms with Gasteiger partial charge >= 0.3 is 0 Å². The van der Waals surface area contributed by atoms with Crippen molar-refractivity contribution >= 4 is 23.4 Å². The molecule has 1 aliphatic heterocycles. The molecule has 0 bridgehead atoms. The molecule has 2 aromatic rings. The molecule has 7 nitrogen and oxygen atoms in total. The summed E-state index contributed by atoms with van der Waals surface area (Å²) in [6, 6.07) is 16.6. The fraction of sp³-hybridized carbons (Fsp3) is 0.348. The maximum atomic E-state index is 12.8. The van der Waals surface area contributed by atoms with Crippen molar-refractivity contribution in [3.05, 3.63) is 60.2 Å². The second-order valence-electron chi connectivity index (χ2n) is 7.50. The maximum absolute atomic E-state index is 12.8. The third-order valence-electron chi connectivity index (χ3n) is 5.39. The van der Waals surface area contributed by atoms with Crippen molar-refractivity contribution in [2.75, 3.05) is 32.6 Å². The summed E-state index contributed by atoms with van der Waals surface area (Å²) < 4.78 is 5.09. The Hall–Kier alpha value is -3.35. The number of hydrogen-bond donors (Lipinski definition) is 1. The van der Waals surface area contributed by atoms with Crippen molar-refractivity contribution in [1.29, 1.82) is 0 Å². The largest absolute Gasteiger partial charge is 0.497 e. The number of anilines is 1. The van der Waals surface area contributed by atoms with Crippen molar-refractivity contribution in [2.45, 2.75) is 19.4 Å². The molecule has 0 aliphatic carbocycles. The smallest absolute Gasteiger partial charge is 0.243 e. The zero-order valence-electron chi connectivity index (χ0n) is 17.5. The average molecular weight is 409 g/mol. The number of nitrogens with one attached hydrogen (secondary N) is 1. The number of rotatable bonds is 7. The van der Waals surface area contributed by atoms with E-state index in [0.29, 0.717) is 18.0 Å². The molecule has 0 unspecified atom stereocenters. The molecule has 3 rings (SSSR count). The molecule has 2 atom stereocenters. The van der Waals surface area contributed by atoms with Gasteiger partial charge in [0.1, 0.15) is 5.75 Å². The van der Waals surface area contributed by atoms with Crippen LogP contribution in [-0.2, 0) is 14.4 Å². The van der Waals surface area contributed by atoms with Gasteiger partial charge in [0.25, 0.3) is 0 Å². The Balaban J connectivity index is 1.55. The predicted octanol–water partition coefficient (Wildman–Crippen LogP) is 2.70. The van der Waals surface area contributed by atoms with Crippen LogP contribution in [0.2, 0.25) is 0 Å². The molecular formula is C23H27N3O4. The monoisotopic (exact) mass is 409 g/mol. The summed E-state index contributed by atoms with van der Waals surface area (Å²) in [6.07, 6.45) is 0.167. The normalized spacial score (nSPS) is 16.8. The molecule has 1 heterocycles. The molecule has 0 saturated carbocycles. The van der Waals surface area contributed by atoms with Gasteiger partial charge in [-0.15, -0.1) is 0 Å². The van der Waals surface area contributed by atoms with Gasteiger partial charge in [-0.1, -0.05) is 30.3 Å². The average Bonchev–Trinajstić information content (AvgIpc) is 3.15. The number of likely N-dealkylation sites (N-methyl/N-ethyl adjacent to an activating group) is 1. The first-order valence-electron chi connectivity index (χ1n) is 9.92. The number of likely N-dealkylation sites (tertiary alicyclic amines) is 1. The van der Waals surface area contributed by atoms with Crippen LogP contribution in [0.25, 0.3) is 0 Å². The van der Waals surface area contributed by atoms with Crippen molar-refractivity contribution in [3.8, 4) is 5.75 Å². The van der Waals surface area contributed by atoms with Crippen LogP contribution in [0.1, 0.15) is 24.9 Å². The molecule has 0 radical (unpaired) electrons. The first-order chi connectivity index (χ1) is 14.4. The summed E-state index contributed by atoms with van der Waals surface area (Å²) in [6.45, 7) is 2.24. The Labute approximate surface area is 176 Å². The third-order valence-corrected chi connectivity index (χ3v) is 5.39. The highest BCUT2D eigenvalue weighted by Crippen LogP contribution is 2.29. The van der Waals surface area contributed by atoms with E-state index < -0.39 is 5.92 Å². The first-order valence-corrected chi connectivity index (χ1v) is 9.92. The van der Waals surface area contributed by atoms with Crippen molar-refractivity contribution in [1.82, 2.24) is 9.80 Å². The van der Waals surface area contributed by atoms with E-state index in [1.807, 2.05) is 37.3 Å². The minimum atomic E-state index is -0.442. The number of benzene rings is 2. The highest BCUT2D eigenvalue weighted by molar-refractivity contribution is 5.96. The van der Waals surface area contributed by atoms with Crippen LogP contribution in [0.3, 0.4) is 0 Å². The molecule has 0 aromatic heterocycles. The van der Waals surface area contributed by atoms with Crippen molar-refractivity contribution in [2.24, 2.45) is 5.92 Å². The standard InChI is InChI=1S/C23H27N3O4/c1-16(17-7-5-4-6-8-17)26-14-18(13-22(26)28)23(29)25(2)15-21(27)24-19-9-11-20(30-3)12-10-19/h4-12,16,18H,13-15H2,1-3H3,(H,24,27)/t16-,18+/m1/s1. The van der Waals surface area contributed by atoms with Crippen LogP contribution in [0, 0.1) is 5.92 Å². The SMILES string of the molecule is COc1ccc(NC(=O)CN(C)C(=O)[C@H]2CC(=O)N([C@H](C)c3ccccc3)C2)cc1. The van der Waals surface area contributed by atoms with Gasteiger partial charge in [0, 0.05) is 25.7 Å². The zero-order chi connectivity index (χ0) is 21.7. The molecule has 1 saturated heterocycles. The molecule has 2 aromatic carbocycles. The van der Waals surface area contributed by atoms with Crippen LogP contribution in [0.4, 0.5) is 5.69 Å². The van der Waals surface area contributed by atoms with E-state index in [1.165, 1.54) is 4.90 Å². The maximum Gasteiger partial charge on any atom is 0.243 e. The van der Waals surface area contributed by atoms with E-state index in [-0.39, 0.29) is 36.7 Å². The second kappa shape index (κ2) is 9.43. The fourth-order valence-corrected chi connectivity index (χ4v) is 3.66. The Morgan fingerprint density at radius 2 is 1.83 bits per heavy atom. The number of ether oxygens (including phenoxy) is 1. The van der Waals surface area contributed by atoms with Crippen LogP contribution < -0.4 is 10.1 Å². The molecule has 1 aliphatic rings. The summed E-state index contributed by atoms with van der Waals surface area (Å²) in [7, 11) is 3.16. The lowest BCUT2D eigenvalue weighted by Crippen LogP contribution is -2.39. The highest BCUT2D eigenvalue weighted by atomic mass is 16.5. The van der Waals surface area contributed by atoms with Gasteiger partial charge in [0.2, 0.25) is 17.7 Å². The molecule has 1 N–H and O–H groups in total. The van der Waals surface area contributed by atoms with Gasteiger partial charge in [-0.25, -0.2) is 0 Å². The first kappa shape index (κ1) is 21.4. The fourth-order valence-electron chi connectivity index (χ4n) is 3.66. The Kier molecular flexibility index (Phi) is 6.72. The van der Waals surface area contributed by atoms with Crippen LogP contribution in [0.5, 0.6) is 5.75 Å². The molecule has 7 heteroatoms. The van der Waals surface area contributed by atoms with Crippen molar-refractivity contribution < 1.29 is 19.1 Å². The van der Waals surface area contributed by atoms with E-state index in [4.69, 9.17) is 4.74 Å². The molecule has 3 amide bonds. The van der Waals surface area contributed by atoms with Gasteiger partial charge < -0.3 is 19.9 Å². The van der Waals surface area contributed by atoms with Gasteiger partial charge in [-0.05, 0) is 36.8 Å². The number of hydrogen-bond acceptors (Lipinski definition) is 4. The molecular weight excluding hydrogens is 382 g/mol. The van der Waals surface area contributed by atoms with Crippen LogP contribution in [0.15, 0.2) is 54.6 Å². The number of amides is 3. The zero-order valence-corrected chi connectivity index (χ0v) is 17.5. The lowest BCUT2D eigenvalue weighted by atomic mass is 10.1. The minimum absolute atomic E-state index is 0.0409. The number of carbonyl (C=O) groups is 3. The highest BCUT2D eigenvalue weighted by Gasteiger charge is 2.38. The van der Waals surface area contributed by atoms with E-state index in [9.17, 15) is 14.4 Å². The Morgan fingerprint density at radius 3 is 2.47 bits per heavy atom. The van der Waals surface area contributed by atoms with Gasteiger partial charge in [0.05, 0.1) is 25.6 Å². The summed E-state index contributed by atoms with van der Waals surface area (Å²) in [5, 5.41) is 2.76. The number of methoxy groups -OCH3 is 1. The lowest BCUT2D eigenvalue weighted by Gasteiger charge is -2.26. The quantitative estimate of drug-likeness (QED) is 0.763. The molecule has 158 valence electrons. The Bertz CT molecular complexity index is 898. The topological polar surface area (TPSA) is 79.0 Å². The summed E-state index contributed by atoms with van der Waals surface area (Å²) in [5.74, 6) is -0.283. The second-order valence-corrected chi connectivity index (χ2v) is 7.50. The number of nitrogens with zero attached hydrogens (tertiary/aromatic N) is 2. The van der Waals surface area contributed by atoms with Crippen LogP contribution >= 0.6 is 0 Å². The summed E-state index contributed by atoms with van der Waals surface area (Å²) in [4.78, 5) is 40.8. The molecule has 0 spiro atoms. The van der Waals surface area contributed by atoms with E-state index in [0.717, 1.165) is 5.56 Å². The minimum Gasteiger partial charge on any atom is -0.497 e. The summed E-state index contributed by atoms with van der Waals surface area (Å²) in [5.41, 5.74) is 1.66. The van der Waals surface area contributed by atoms with Gasteiger partial charge in [0.15, 0.2) is 0 Å². The summed E-state index contributed by atoms with van der Waals surface area (Å²) >= 11 is 0. The molecule has 30 heavy (non-hydrogen) atoms.